The number of hydrogen-bond acceptors (Lipinski definition) is 5. The minimum atomic E-state index is -3.65. The van der Waals surface area contributed by atoms with Crippen LogP contribution in [0.5, 0.6) is 0 Å². The summed E-state index contributed by atoms with van der Waals surface area (Å²) in [5.41, 5.74) is 0.923. The Labute approximate surface area is 162 Å². The van der Waals surface area contributed by atoms with Gasteiger partial charge in [-0.25, -0.2) is 8.42 Å². The number of benzene rings is 1. The highest BCUT2D eigenvalue weighted by Gasteiger charge is 2.28. The molecule has 1 fully saturated rings. The Bertz CT molecular complexity index is 1060. The van der Waals surface area contributed by atoms with E-state index in [9.17, 15) is 13.2 Å². The van der Waals surface area contributed by atoms with Crippen molar-refractivity contribution >= 4 is 26.9 Å². The molecule has 148 valence electrons. The summed E-state index contributed by atoms with van der Waals surface area (Å²) in [6.45, 7) is 3.15. The zero-order valence-electron chi connectivity index (χ0n) is 15.3. The molecule has 1 aromatic carbocycles. The van der Waals surface area contributed by atoms with Crippen LogP contribution in [0.25, 0.3) is 11.0 Å². The lowest BCUT2D eigenvalue weighted by Crippen LogP contribution is -2.40. The van der Waals surface area contributed by atoms with E-state index in [1.807, 2.05) is 37.3 Å². The molecule has 8 nitrogen and oxygen atoms in total. The monoisotopic (exact) mass is 403 g/mol. The van der Waals surface area contributed by atoms with Crippen LogP contribution in [0.1, 0.15) is 29.2 Å². The second kappa shape index (κ2) is 7.42. The molecular weight excluding hydrogens is 382 g/mol. The summed E-state index contributed by atoms with van der Waals surface area (Å²) in [4.78, 5) is 15.4. The Kier molecular flexibility index (Phi) is 4.96. The summed E-state index contributed by atoms with van der Waals surface area (Å²) < 4.78 is 37.7. The lowest BCUT2D eigenvalue weighted by Gasteiger charge is -2.25. The minimum absolute atomic E-state index is 0.0657. The number of morpholine rings is 1. The van der Waals surface area contributed by atoms with Crippen molar-refractivity contribution in [2.75, 3.05) is 26.3 Å². The molecule has 1 aliphatic rings. The van der Waals surface area contributed by atoms with Crippen LogP contribution < -0.4 is 5.32 Å². The van der Waals surface area contributed by atoms with Gasteiger partial charge < -0.3 is 19.5 Å². The second-order valence-corrected chi connectivity index (χ2v) is 8.59. The standard InChI is InChI=1S/C19H21N3O5S/c1-13(18-10-14-4-2-3-5-17(14)27-18)21-19(23)16-11-15(12-20-16)28(24,25)22-6-8-26-9-7-22/h2-5,10-13,20H,6-9H2,1H3,(H,21,23). The Balaban J connectivity index is 1.48. The molecule has 0 spiro atoms. The van der Waals surface area contributed by atoms with Crippen molar-refractivity contribution in [2.24, 2.45) is 0 Å². The number of aromatic amines is 1. The van der Waals surface area contributed by atoms with Crippen molar-refractivity contribution in [3.8, 4) is 0 Å². The highest BCUT2D eigenvalue weighted by molar-refractivity contribution is 7.89. The quantitative estimate of drug-likeness (QED) is 0.680. The first-order valence-electron chi connectivity index (χ1n) is 9.01. The third-order valence-corrected chi connectivity index (χ3v) is 6.60. The topological polar surface area (TPSA) is 105 Å². The van der Waals surface area contributed by atoms with Gasteiger partial charge in [0.05, 0.1) is 19.3 Å². The van der Waals surface area contributed by atoms with Crippen LogP contribution >= 0.6 is 0 Å². The van der Waals surface area contributed by atoms with E-state index < -0.39 is 15.9 Å². The average molecular weight is 403 g/mol. The number of carbonyl (C=O) groups excluding carboxylic acids is 1. The predicted octanol–water partition coefficient (Wildman–Crippen LogP) is 2.27. The number of rotatable bonds is 5. The van der Waals surface area contributed by atoms with Gasteiger partial charge in [0.1, 0.15) is 21.9 Å². The summed E-state index contributed by atoms with van der Waals surface area (Å²) in [7, 11) is -3.65. The maximum absolute atomic E-state index is 12.7. The molecule has 2 aromatic heterocycles. The van der Waals surface area contributed by atoms with Gasteiger partial charge >= 0.3 is 0 Å². The van der Waals surface area contributed by atoms with Crippen molar-refractivity contribution < 1.29 is 22.4 Å². The third-order valence-electron chi connectivity index (χ3n) is 4.73. The number of furan rings is 1. The molecule has 0 aliphatic carbocycles. The number of H-pyrrole nitrogens is 1. The smallest absolute Gasteiger partial charge is 0.268 e. The normalized spacial score (nSPS) is 16.9. The minimum Gasteiger partial charge on any atom is -0.459 e. The van der Waals surface area contributed by atoms with Crippen molar-refractivity contribution in [3.63, 3.8) is 0 Å². The number of carbonyl (C=O) groups is 1. The highest BCUT2D eigenvalue weighted by atomic mass is 32.2. The first kappa shape index (κ1) is 18.7. The van der Waals surface area contributed by atoms with Crippen molar-refractivity contribution in [1.29, 1.82) is 0 Å². The van der Waals surface area contributed by atoms with Crippen LogP contribution in [0, 0.1) is 0 Å². The van der Waals surface area contributed by atoms with Gasteiger partial charge in [0, 0.05) is 24.7 Å². The van der Waals surface area contributed by atoms with Crippen LogP contribution in [0.4, 0.5) is 0 Å². The van der Waals surface area contributed by atoms with Crippen molar-refractivity contribution in [2.45, 2.75) is 17.9 Å². The largest absolute Gasteiger partial charge is 0.459 e. The maximum atomic E-state index is 12.7. The van der Waals surface area contributed by atoms with E-state index in [4.69, 9.17) is 9.15 Å². The number of para-hydroxylation sites is 1. The van der Waals surface area contributed by atoms with Gasteiger partial charge in [0.25, 0.3) is 5.91 Å². The molecule has 9 heteroatoms. The first-order valence-corrected chi connectivity index (χ1v) is 10.4. The Morgan fingerprint density at radius 2 is 1.96 bits per heavy atom. The number of hydrogen-bond donors (Lipinski definition) is 2. The molecule has 2 N–H and O–H groups in total. The third kappa shape index (κ3) is 3.56. The summed E-state index contributed by atoms with van der Waals surface area (Å²) in [6, 6.07) is 10.5. The molecule has 0 saturated carbocycles. The Morgan fingerprint density at radius 3 is 2.71 bits per heavy atom. The first-order chi connectivity index (χ1) is 13.4. The number of sulfonamides is 1. The van der Waals surface area contributed by atoms with E-state index in [0.717, 1.165) is 11.0 Å². The molecule has 1 aliphatic heterocycles. The molecule has 1 amide bonds. The maximum Gasteiger partial charge on any atom is 0.268 e. The zero-order valence-corrected chi connectivity index (χ0v) is 16.2. The van der Waals surface area contributed by atoms with Crippen molar-refractivity contribution in [1.82, 2.24) is 14.6 Å². The van der Waals surface area contributed by atoms with E-state index in [1.165, 1.54) is 16.6 Å². The predicted molar refractivity (Wildman–Crippen MR) is 102 cm³/mol. The van der Waals surface area contributed by atoms with Gasteiger partial charge in [-0.05, 0) is 25.1 Å². The van der Waals surface area contributed by atoms with E-state index in [0.29, 0.717) is 32.1 Å². The molecule has 1 atom stereocenters. The zero-order chi connectivity index (χ0) is 19.7. The second-order valence-electron chi connectivity index (χ2n) is 6.65. The number of nitrogens with zero attached hydrogens (tertiary/aromatic N) is 1. The van der Waals surface area contributed by atoms with E-state index in [2.05, 4.69) is 10.3 Å². The highest BCUT2D eigenvalue weighted by Crippen LogP contribution is 2.24. The van der Waals surface area contributed by atoms with Crippen LogP contribution in [-0.2, 0) is 14.8 Å². The summed E-state index contributed by atoms with van der Waals surface area (Å²) >= 11 is 0. The fourth-order valence-electron chi connectivity index (χ4n) is 3.15. The fourth-order valence-corrected chi connectivity index (χ4v) is 4.55. The SMILES string of the molecule is CC(NC(=O)c1cc(S(=O)(=O)N2CCOCC2)c[nH]1)c1cc2ccccc2o1. The van der Waals surface area contributed by atoms with Gasteiger partial charge in [0.15, 0.2) is 0 Å². The molecule has 0 bridgehead atoms. The summed E-state index contributed by atoms with van der Waals surface area (Å²) in [5.74, 6) is 0.221. The average Bonchev–Trinajstić information content (AvgIpc) is 3.36. The van der Waals surface area contributed by atoms with Crippen LogP contribution in [-0.4, -0.2) is 49.9 Å². The van der Waals surface area contributed by atoms with Gasteiger partial charge in [-0.15, -0.1) is 0 Å². The lowest BCUT2D eigenvalue weighted by atomic mass is 10.2. The van der Waals surface area contributed by atoms with Gasteiger partial charge in [-0.2, -0.15) is 4.31 Å². The number of ether oxygens (including phenoxy) is 1. The van der Waals surface area contributed by atoms with Crippen LogP contribution in [0.3, 0.4) is 0 Å². The van der Waals surface area contributed by atoms with Crippen LogP contribution in [0.15, 0.2) is 51.9 Å². The molecule has 1 unspecified atom stereocenters. The molecule has 3 aromatic rings. The number of nitrogens with one attached hydrogen (secondary N) is 2. The fraction of sp³-hybridized carbons (Fsp3) is 0.316. The van der Waals surface area contributed by atoms with E-state index in [1.54, 1.807) is 0 Å². The van der Waals surface area contributed by atoms with E-state index in [-0.39, 0.29) is 16.6 Å². The van der Waals surface area contributed by atoms with Gasteiger partial charge in [-0.1, -0.05) is 18.2 Å². The molecule has 0 radical (unpaired) electrons. The summed E-state index contributed by atoms with van der Waals surface area (Å²) in [5, 5.41) is 3.78. The van der Waals surface area contributed by atoms with Gasteiger partial charge in [-0.3, -0.25) is 4.79 Å². The molecular formula is C19H21N3O5S. The van der Waals surface area contributed by atoms with E-state index >= 15 is 0 Å². The van der Waals surface area contributed by atoms with Crippen molar-refractivity contribution in [3.05, 3.63) is 54.0 Å². The Hall–Kier alpha value is -2.62. The van der Waals surface area contributed by atoms with Gasteiger partial charge in [0.2, 0.25) is 10.0 Å². The van der Waals surface area contributed by atoms with Crippen LogP contribution in [0.2, 0.25) is 0 Å². The Morgan fingerprint density at radius 1 is 1.21 bits per heavy atom. The number of fused-ring (bicyclic) bond motifs is 1. The number of amides is 1. The molecule has 3 heterocycles. The number of aromatic nitrogens is 1. The lowest BCUT2D eigenvalue weighted by molar-refractivity contribution is 0.0730. The summed E-state index contributed by atoms with van der Waals surface area (Å²) in [6.07, 6.45) is 1.34. The molecule has 1 saturated heterocycles. The molecule has 4 rings (SSSR count). The molecule has 28 heavy (non-hydrogen) atoms.